The van der Waals surface area contributed by atoms with E-state index in [0.29, 0.717) is 5.92 Å². The van der Waals surface area contributed by atoms with E-state index in [1.54, 1.807) is 0 Å². The number of aliphatic hydroxyl groups is 1. The molecule has 1 aromatic rings. The van der Waals surface area contributed by atoms with Gasteiger partial charge >= 0.3 is 0 Å². The maximum atomic E-state index is 9.82. The standard InChI is InChI=1S/C13H19BrO/c1-3-4-13(15)10(2)9-11-5-7-12(14)8-6-11/h5-8,10,13,15H,3-4,9H2,1-2H3. The second kappa shape index (κ2) is 6.29. The Balaban J connectivity index is 2.50. The van der Waals surface area contributed by atoms with Crippen molar-refractivity contribution in [2.24, 2.45) is 5.92 Å². The van der Waals surface area contributed by atoms with Crippen molar-refractivity contribution in [2.45, 2.75) is 39.2 Å². The molecular weight excluding hydrogens is 252 g/mol. The van der Waals surface area contributed by atoms with Crippen LogP contribution in [0.5, 0.6) is 0 Å². The molecular formula is C13H19BrO. The summed E-state index contributed by atoms with van der Waals surface area (Å²) in [5, 5.41) is 9.82. The van der Waals surface area contributed by atoms with E-state index in [0.717, 1.165) is 23.7 Å². The quantitative estimate of drug-likeness (QED) is 0.863. The lowest BCUT2D eigenvalue weighted by Crippen LogP contribution is -2.19. The van der Waals surface area contributed by atoms with Crippen LogP contribution in [0.15, 0.2) is 28.7 Å². The average Bonchev–Trinajstić information content (AvgIpc) is 2.22. The number of aliphatic hydroxyl groups excluding tert-OH is 1. The van der Waals surface area contributed by atoms with Crippen molar-refractivity contribution in [3.63, 3.8) is 0 Å². The topological polar surface area (TPSA) is 20.2 Å². The minimum absolute atomic E-state index is 0.168. The minimum atomic E-state index is -0.168. The van der Waals surface area contributed by atoms with Crippen LogP contribution in [0.25, 0.3) is 0 Å². The molecule has 1 rings (SSSR count). The van der Waals surface area contributed by atoms with Gasteiger partial charge in [0.2, 0.25) is 0 Å². The lowest BCUT2D eigenvalue weighted by atomic mass is 9.93. The lowest BCUT2D eigenvalue weighted by Gasteiger charge is -2.18. The average molecular weight is 271 g/mol. The van der Waals surface area contributed by atoms with Crippen LogP contribution in [-0.4, -0.2) is 11.2 Å². The third-order valence-electron chi connectivity index (χ3n) is 2.71. The molecule has 1 N–H and O–H groups in total. The zero-order valence-corrected chi connectivity index (χ0v) is 11.0. The number of halogens is 1. The van der Waals surface area contributed by atoms with E-state index in [1.165, 1.54) is 5.56 Å². The molecule has 84 valence electrons. The van der Waals surface area contributed by atoms with Crippen LogP contribution in [0.1, 0.15) is 32.3 Å². The summed E-state index contributed by atoms with van der Waals surface area (Å²) in [7, 11) is 0. The van der Waals surface area contributed by atoms with Crippen molar-refractivity contribution < 1.29 is 5.11 Å². The fourth-order valence-electron chi connectivity index (χ4n) is 1.71. The first-order chi connectivity index (χ1) is 7.13. The van der Waals surface area contributed by atoms with Gasteiger partial charge in [0.05, 0.1) is 6.10 Å². The van der Waals surface area contributed by atoms with Crippen LogP contribution in [0.3, 0.4) is 0 Å². The van der Waals surface area contributed by atoms with E-state index in [4.69, 9.17) is 0 Å². The summed E-state index contributed by atoms with van der Waals surface area (Å²) in [6.45, 7) is 4.22. The minimum Gasteiger partial charge on any atom is -0.393 e. The summed E-state index contributed by atoms with van der Waals surface area (Å²) in [5.74, 6) is 0.339. The smallest absolute Gasteiger partial charge is 0.0568 e. The van der Waals surface area contributed by atoms with Gasteiger partial charge in [-0.25, -0.2) is 0 Å². The molecule has 0 aliphatic heterocycles. The molecule has 0 saturated heterocycles. The highest BCUT2D eigenvalue weighted by Gasteiger charge is 2.13. The Kier molecular flexibility index (Phi) is 5.34. The van der Waals surface area contributed by atoms with Crippen LogP contribution in [0.2, 0.25) is 0 Å². The highest BCUT2D eigenvalue weighted by molar-refractivity contribution is 9.10. The fraction of sp³-hybridized carbons (Fsp3) is 0.538. The van der Waals surface area contributed by atoms with Crippen molar-refractivity contribution in [2.75, 3.05) is 0 Å². The molecule has 1 nitrogen and oxygen atoms in total. The molecule has 0 aliphatic carbocycles. The van der Waals surface area contributed by atoms with Gasteiger partial charge in [-0.1, -0.05) is 48.3 Å². The SMILES string of the molecule is CCCC(O)C(C)Cc1ccc(Br)cc1. The van der Waals surface area contributed by atoms with Crippen LogP contribution in [-0.2, 0) is 6.42 Å². The lowest BCUT2D eigenvalue weighted by molar-refractivity contribution is 0.107. The monoisotopic (exact) mass is 270 g/mol. The molecule has 0 saturated carbocycles. The van der Waals surface area contributed by atoms with Gasteiger partial charge in [-0.3, -0.25) is 0 Å². The van der Waals surface area contributed by atoms with Crippen LogP contribution < -0.4 is 0 Å². The van der Waals surface area contributed by atoms with Gasteiger partial charge in [0, 0.05) is 4.47 Å². The molecule has 2 unspecified atom stereocenters. The van der Waals surface area contributed by atoms with E-state index in [-0.39, 0.29) is 6.10 Å². The summed E-state index contributed by atoms with van der Waals surface area (Å²) >= 11 is 3.42. The van der Waals surface area contributed by atoms with Gasteiger partial charge in [-0.15, -0.1) is 0 Å². The third-order valence-corrected chi connectivity index (χ3v) is 3.24. The number of hydrogen-bond donors (Lipinski definition) is 1. The van der Waals surface area contributed by atoms with E-state index in [2.05, 4.69) is 41.9 Å². The van der Waals surface area contributed by atoms with E-state index >= 15 is 0 Å². The summed E-state index contributed by atoms with van der Waals surface area (Å²) in [4.78, 5) is 0. The van der Waals surface area contributed by atoms with E-state index in [1.807, 2.05) is 12.1 Å². The fourth-order valence-corrected chi connectivity index (χ4v) is 1.97. The molecule has 0 aliphatic rings. The molecule has 0 aromatic heterocycles. The summed E-state index contributed by atoms with van der Waals surface area (Å²) in [6, 6.07) is 8.32. The van der Waals surface area contributed by atoms with Gasteiger partial charge in [0.25, 0.3) is 0 Å². The summed E-state index contributed by atoms with van der Waals surface area (Å²) in [5.41, 5.74) is 1.29. The van der Waals surface area contributed by atoms with Gasteiger partial charge in [0.1, 0.15) is 0 Å². The highest BCUT2D eigenvalue weighted by atomic mass is 79.9. The predicted octanol–water partition coefficient (Wildman–Crippen LogP) is 3.79. The van der Waals surface area contributed by atoms with Crippen molar-refractivity contribution in [1.82, 2.24) is 0 Å². The van der Waals surface area contributed by atoms with Gasteiger partial charge in [-0.2, -0.15) is 0 Å². The zero-order valence-electron chi connectivity index (χ0n) is 9.41. The Morgan fingerprint density at radius 1 is 1.27 bits per heavy atom. The summed E-state index contributed by atoms with van der Waals surface area (Å²) in [6.07, 6.45) is 2.73. The first kappa shape index (κ1) is 12.7. The molecule has 1 aromatic carbocycles. The van der Waals surface area contributed by atoms with Crippen LogP contribution in [0.4, 0.5) is 0 Å². The predicted molar refractivity (Wildman–Crippen MR) is 67.9 cm³/mol. The Bertz CT molecular complexity index is 281. The largest absolute Gasteiger partial charge is 0.393 e. The van der Waals surface area contributed by atoms with Crippen molar-refractivity contribution >= 4 is 15.9 Å². The third kappa shape index (κ3) is 4.35. The Morgan fingerprint density at radius 3 is 2.40 bits per heavy atom. The number of rotatable bonds is 5. The Labute approximate surface area is 101 Å². The molecule has 2 heteroatoms. The molecule has 2 atom stereocenters. The van der Waals surface area contributed by atoms with Gasteiger partial charge in [-0.05, 0) is 36.5 Å². The zero-order chi connectivity index (χ0) is 11.3. The van der Waals surface area contributed by atoms with Crippen LogP contribution in [0, 0.1) is 5.92 Å². The van der Waals surface area contributed by atoms with Crippen molar-refractivity contribution in [3.05, 3.63) is 34.3 Å². The molecule has 0 spiro atoms. The molecule has 0 bridgehead atoms. The van der Waals surface area contributed by atoms with Gasteiger partial charge in [0.15, 0.2) is 0 Å². The number of hydrogen-bond acceptors (Lipinski definition) is 1. The van der Waals surface area contributed by atoms with Crippen molar-refractivity contribution in [3.8, 4) is 0 Å². The Morgan fingerprint density at radius 2 is 1.87 bits per heavy atom. The van der Waals surface area contributed by atoms with Crippen molar-refractivity contribution in [1.29, 1.82) is 0 Å². The normalized spacial score (nSPS) is 14.9. The molecule has 0 fully saturated rings. The second-order valence-electron chi connectivity index (χ2n) is 4.16. The number of benzene rings is 1. The maximum Gasteiger partial charge on any atom is 0.0568 e. The van der Waals surface area contributed by atoms with E-state index < -0.39 is 0 Å². The van der Waals surface area contributed by atoms with Gasteiger partial charge < -0.3 is 5.11 Å². The first-order valence-electron chi connectivity index (χ1n) is 5.56. The van der Waals surface area contributed by atoms with Crippen LogP contribution >= 0.6 is 15.9 Å². The first-order valence-corrected chi connectivity index (χ1v) is 6.35. The molecule has 0 heterocycles. The Hall–Kier alpha value is -0.340. The molecule has 0 amide bonds. The second-order valence-corrected chi connectivity index (χ2v) is 5.08. The highest BCUT2D eigenvalue weighted by Crippen LogP contribution is 2.17. The molecule has 15 heavy (non-hydrogen) atoms. The van der Waals surface area contributed by atoms with E-state index in [9.17, 15) is 5.11 Å². The molecule has 0 radical (unpaired) electrons. The maximum absolute atomic E-state index is 9.82. The summed E-state index contributed by atoms with van der Waals surface area (Å²) < 4.78 is 1.10.